The van der Waals surface area contributed by atoms with Gasteiger partial charge >= 0.3 is 0 Å². The Morgan fingerprint density at radius 2 is 2.07 bits per heavy atom. The first-order valence-corrected chi connectivity index (χ1v) is 5.17. The summed E-state index contributed by atoms with van der Waals surface area (Å²) in [6, 6.07) is 5.32. The van der Waals surface area contributed by atoms with Gasteiger partial charge in [-0.2, -0.15) is 0 Å². The van der Waals surface area contributed by atoms with Gasteiger partial charge in [-0.1, -0.05) is 13.0 Å². The van der Waals surface area contributed by atoms with Gasteiger partial charge in [-0.25, -0.2) is 0 Å². The van der Waals surface area contributed by atoms with Crippen LogP contribution in [0.1, 0.15) is 18.9 Å². The van der Waals surface area contributed by atoms with Crippen molar-refractivity contribution in [2.45, 2.75) is 25.8 Å². The molecule has 3 nitrogen and oxygen atoms in total. The molecular formula is C12H18NO2. The molecule has 1 aromatic rings. The Balaban J connectivity index is 2.41. The van der Waals surface area contributed by atoms with Crippen LogP contribution in [0.5, 0.6) is 11.5 Å². The lowest BCUT2D eigenvalue weighted by Crippen LogP contribution is -2.27. The molecule has 0 amide bonds. The van der Waals surface area contributed by atoms with Gasteiger partial charge in [-0.05, 0) is 44.0 Å². The number of rotatable bonds is 5. The van der Waals surface area contributed by atoms with E-state index >= 15 is 0 Å². The van der Waals surface area contributed by atoms with Gasteiger partial charge in [0.2, 0.25) is 0 Å². The number of benzene rings is 1. The number of hydrogen-bond donors (Lipinski definition) is 3. The molecule has 0 aliphatic heterocycles. The second-order valence-electron chi connectivity index (χ2n) is 3.72. The van der Waals surface area contributed by atoms with E-state index in [0.29, 0.717) is 6.04 Å². The zero-order valence-corrected chi connectivity index (χ0v) is 9.03. The quantitative estimate of drug-likeness (QED) is 0.647. The van der Waals surface area contributed by atoms with E-state index in [-0.39, 0.29) is 11.5 Å². The topological polar surface area (TPSA) is 52.5 Å². The van der Waals surface area contributed by atoms with Crippen LogP contribution >= 0.6 is 0 Å². The van der Waals surface area contributed by atoms with Crippen LogP contribution in [0.4, 0.5) is 0 Å². The summed E-state index contributed by atoms with van der Waals surface area (Å²) < 4.78 is 0. The van der Waals surface area contributed by atoms with Crippen molar-refractivity contribution >= 4 is 0 Å². The minimum atomic E-state index is -0.0714. The average molecular weight is 208 g/mol. The van der Waals surface area contributed by atoms with Gasteiger partial charge in [0.25, 0.3) is 0 Å². The summed E-state index contributed by atoms with van der Waals surface area (Å²) >= 11 is 0. The summed E-state index contributed by atoms with van der Waals surface area (Å²) in [5, 5.41) is 21.7. The maximum Gasteiger partial charge on any atom is 0.157 e. The van der Waals surface area contributed by atoms with Gasteiger partial charge < -0.3 is 15.5 Å². The largest absolute Gasteiger partial charge is 0.504 e. The van der Waals surface area contributed by atoms with E-state index < -0.39 is 0 Å². The molecule has 3 N–H and O–H groups in total. The van der Waals surface area contributed by atoms with Crippen LogP contribution in [0, 0.1) is 6.92 Å². The Labute approximate surface area is 90.8 Å². The maximum atomic E-state index is 9.27. The van der Waals surface area contributed by atoms with Crippen LogP contribution in [-0.4, -0.2) is 22.8 Å². The fraction of sp³-hybridized carbons (Fsp3) is 0.417. The molecule has 0 aromatic heterocycles. The predicted octanol–water partition coefficient (Wildman–Crippen LogP) is 1.84. The lowest BCUT2D eigenvalue weighted by Gasteiger charge is -2.11. The van der Waals surface area contributed by atoms with Gasteiger partial charge in [0.1, 0.15) is 0 Å². The summed E-state index contributed by atoms with van der Waals surface area (Å²) in [5.74, 6) is -0.129. The molecule has 3 heteroatoms. The van der Waals surface area contributed by atoms with Crippen molar-refractivity contribution in [3.05, 3.63) is 30.7 Å². The molecule has 15 heavy (non-hydrogen) atoms. The summed E-state index contributed by atoms with van der Waals surface area (Å²) in [4.78, 5) is 0. The number of phenols is 2. The van der Waals surface area contributed by atoms with E-state index in [0.717, 1.165) is 24.9 Å². The second-order valence-corrected chi connectivity index (χ2v) is 3.72. The molecule has 1 radical (unpaired) electrons. The molecule has 83 valence electrons. The molecule has 0 spiro atoms. The maximum absolute atomic E-state index is 9.27. The van der Waals surface area contributed by atoms with Crippen molar-refractivity contribution in [3.8, 4) is 11.5 Å². The van der Waals surface area contributed by atoms with Crippen LogP contribution < -0.4 is 5.32 Å². The highest BCUT2D eigenvalue weighted by Gasteiger charge is 2.01. The van der Waals surface area contributed by atoms with Crippen molar-refractivity contribution in [2.75, 3.05) is 6.54 Å². The number of hydrogen-bond acceptors (Lipinski definition) is 3. The summed E-state index contributed by atoms with van der Waals surface area (Å²) in [6.07, 6.45) is 1.69. The molecule has 1 rings (SSSR count). The van der Waals surface area contributed by atoms with Gasteiger partial charge in [0, 0.05) is 6.04 Å². The third-order valence-corrected chi connectivity index (χ3v) is 2.38. The van der Waals surface area contributed by atoms with Crippen LogP contribution in [0.25, 0.3) is 0 Å². The first-order valence-electron chi connectivity index (χ1n) is 5.17. The van der Waals surface area contributed by atoms with E-state index in [9.17, 15) is 5.11 Å². The Morgan fingerprint density at radius 3 is 2.67 bits per heavy atom. The fourth-order valence-electron chi connectivity index (χ4n) is 1.29. The molecule has 0 fully saturated rings. The van der Waals surface area contributed by atoms with Crippen molar-refractivity contribution < 1.29 is 10.2 Å². The van der Waals surface area contributed by atoms with E-state index in [2.05, 4.69) is 19.2 Å². The molecule has 1 atom stereocenters. The third kappa shape index (κ3) is 3.80. The molecule has 1 unspecified atom stereocenters. The zero-order chi connectivity index (χ0) is 11.3. The van der Waals surface area contributed by atoms with E-state index in [4.69, 9.17) is 5.11 Å². The highest BCUT2D eigenvalue weighted by atomic mass is 16.3. The highest BCUT2D eigenvalue weighted by molar-refractivity contribution is 5.40. The zero-order valence-electron chi connectivity index (χ0n) is 9.03. The average Bonchev–Trinajstić information content (AvgIpc) is 2.23. The fourth-order valence-corrected chi connectivity index (χ4v) is 1.29. The minimum absolute atomic E-state index is 0.0577. The molecule has 0 aliphatic rings. The smallest absolute Gasteiger partial charge is 0.157 e. The van der Waals surface area contributed by atoms with Crippen molar-refractivity contribution in [1.29, 1.82) is 0 Å². The van der Waals surface area contributed by atoms with E-state index in [1.807, 2.05) is 6.07 Å². The molecule has 1 aromatic carbocycles. The Kier molecular flexibility index (Phi) is 4.43. The second kappa shape index (κ2) is 5.61. The molecule has 0 heterocycles. The van der Waals surface area contributed by atoms with E-state index in [1.165, 1.54) is 6.07 Å². The van der Waals surface area contributed by atoms with Crippen molar-refractivity contribution in [2.24, 2.45) is 0 Å². The van der Waals surface area contributed by atoms with Gasteiger partial charge in [-0.15, -0.1) is 0 Å². The van der Waals surface area contributed by atoms with E-state index in [1.54, 1.807) is 6.07 Å². The van der Waals surface area contributed by atoms with Gasteiger partial charge in [0.15, 0.2) is 11.5 Å². The summed E-state index contributed by atoms with van der Waals surface area (Å²) in [6.45, 7) is 6.73. The lowest BCUT2D eigenvalue weighted by atomic mass is 10.1. The number of aromatic hydroxyl groups is 2. The number of nitrogens with one attached hydrogen (secondary N) is 1. The standard InChI is InChI=1S/C12H18NO2/c1-3-9(2)13-7-6-10-4-5-11(14)12(15)8-10/h4-5,8-9,13-15H,1,3,6-7H2,2H3. The van der Waals surface area contributed by atoms with Gasteiger partial charge in [0.05, 0.1) is 0 Å². The molecule has 0 saturated carbocycles. The SMILES string of the molecule is [CH2]CC(C)NCCc1ccc(O)c(O)c1. The lowest BCUT2D eigenvalue weighted by molar-refractivity contribution is 0.403. The van der Waals surface area contributed by atoms with Crippen molar-refractivity contribution in [1.82, 2.24) is 5.32 Å². The first-order chi connectivity index (χ1) is 7.13. The molecule has 0 bridgehead atoms. The minimum Gasteiger partial charge on any atom is -0.504 e. The third-order valence-electron chi connectivity index (χ3n) is 2.38. The van der Waals surface area contributed by atoms with Crippen molar-refractivity contribution in [3.63, 3.8) is 0 Å². The predicted molar refractivity (Wildman–Crippen MR) is 60.9 cm³/mol. The van der Waals surface area contributed by atoms with Gasteiger partial charge in [-0.3, -0.25) is 0 Å². The van der Waals surface area contributed by atoms with Crippen LogP contribution in [-0.2, 0) is 6.42 Å². The van der Waals surface area contributed by atoms with Crippen LogP contribution in [0.3, 0.4) is 0 Å². The molecule has 0 aliphatic carbocycles. The normalized spacial score (nSPS) is 12.7. The molecular weight excluding hydrogens is 190 g/mol. The number of phenolic OH excluding ortho intramolecular Hbond substituents is 2. The first kappa shape index (κ1) is 11.9. The highest BCUT2D eigenvalue weighted by Crippen LogP contribution is 2.24. The van der Waals surface area contributed by atoms with Crippen LogP contribution in [0.15, 0.2) is 18.2 Å². The Bertz CT molecular complexity index is 312. The monoisotopic (exact) mass is 208 g/mol. The summed E-state index contributed by atoms with van der Waals surface area (Å²) in [7, 11) is 0. The van der Waals surface area contributed by atoms with Crippen LogP contribution in [0.2, 0.25) is 0 Å². The Hall–Kier alpha value is -1.22. The molecule has 0 saturated heterocycles. The Morgan fingerprint density at radius 1 is 1.33 bits per heavy atom. The summed E-state index contributed by atoms with van der Waals surface area (Å²) in [5.41, 5.74) is 1.01.